The monoisotopic (exact) mass is 196 g/mol. The Morgan fingerprint density at radius 1 is 1.17 bits per heavy atom. The van der Waals surface area contributed by atoms with E-state index >= 15 is 0 Å². The van der Waals surface area contributed by atoms with E-state index in [0.29, 0.717) is 13.2 Å². The predicted octanol–water partition coefficient (Wildman–Crippen LogP) is 0.0841. The van der Waals surface area contributed by atoms with Crippen molar-refractivity contribution in [2.45, 2.75) is 6.92 Å². The van der Waals surface area contributed by atoms with Gasteiger partial charge in [0, 0.05) is 12.9 Å². The van der Waals surface area contributed by atoms with Gasteiger partial charge in [0.25, 0.3) is 0 Å². The number of sulfone groups is 1. The zero-order valence-electron chi connectivity index (χ0n) is 7.58. The second kappa shape index (κ2) is 6.39. The van der Waals surface area contributed by atoms with Crippen molar-refractivity contribution in [3.63, 3.8) is 0 Å². The Morgan fingerprint density at radius 2 is 1.83 bits per heavy atom. The van der Waals surface area contributed by atoms with Crippen LogP contribution in [0.2, 0.25) is 0 Å². The minimum absolute atomic E-state index is 0.104. The summed E-state index contributed by atoms with van der Waals surface area (Å²) in [5, 5.41) is 0. The van der Waals surface area contributed by atoms with Crippen LogP contribution in [-0.4, -0.2) is 46.9 Å². The fourth-order valence-corrected chi connectivity index (χ4v) is 1.24. The Bertz CT molecular complexity index is 186. The summed E-state index contributed by atoms with van der Waals surface area (Å²) in [7, 11) is -1.30. The highest BCUT2D eigenvalue weighted by Gasteiger charge is 2.05. The van der Waals surface area contributed by atoms with Crippen LogP contribution in [0.5, 0.6) is 0 Å². The molecule has 0 aromatic heterocycles. The second-order valence-electron chi connectivity index (χ2n) is 2.34. The maximum absolute atomic E-state index is 10.9. The van der Waals surface area contributed by atoms with E-state index in [9.17, 15) is 8.42 Å². The maximum Gasteiger partial charge on any atom is 0.152 e. The molecular weight excluding hydrogens is 180 g/mol. The molecule has 0 N–H and O–H groups in total. The van der Waals surface area contributed by atoms with Gasteiger partial charge in [0.1, 0.15) is 0 Å². The van der Waals surface area contributed by atoms with Crippen molar-refractivity contribution in [1.82, 2.24) is 0 Å². The van der Waals surface area contributed by atoms with Crippen molar-refractivity contribution in [2.24, 2.45) is 0 Å². The smallest absolute Gasteiger partial charge is 0.152 e. The van der Waals surface area contributed by atoms with Gasteiger partial charge in [-0.05, 0) is 0 Å². The van der Waals surface area contributed by atoms with Gasteiger partial charge in [0.05, 0.1) is 25.6 Å². The third kappa shape index (κ3) is 6.57. The predicted molar refractivity (Wildman–Crippen MR) is 47.0 cm³/mol. The molecule has 0 heterocycles. The van der Waals surface area contributed by atoms with Gasteiger partial charge < -0.3 is 9.47 Å². The average Bonchev–Trinajstić information content (AvgIpc) is 2.04. The van der Waals surface area contributed by atoms with Gasteiger partial charge in [0.2, 0.25) is 0 Å². The molecule has 0 saturated carbocycles. The molecule has 0 spiro atoms. The summed E-state index contributed by atoms with van der Waals surface area (Å²) >= 11 is 0. The molecule has 4 nitrogen and oxygen atoms in total. The van der Waals surface area contributed by atoms with Crippen LogP contribution < -0.4 is 0 Å². The highest BCUT2D eigenvalue weighted by atomic mass is 32.2. The lowest BCUT2D eigenvalue weighted by Crippen LogP contribution is -2.15. The number of ether oxygens (including phenoxy) is 2. The Kier molecular flexibility index (Phi) is 6.32. The molecule has 5 heteroatoms. The highest BCUT2D eigenvalue weighted by Crippen LogP contribution is 1.89. The first-order valence-corrected chi connectivity index (χ1v) is 5.71. The summed E-state index contributed by atoms with van der Waals surface area (Å²) in [5.41, 5.74) is 0. The van der Waals surface area contributed by atoms with E-state index in [1.165, 1.54) is 0 Å². The second-order valence-corrected chi connectivity index (χ2v) is 4.81. The van der Waals surface area contributed by atoms with Crippen LogP contribution in [0.25, 0.3) is 0 Å². The summed E-state index contributed by atoms with van der Waals surface area (Å²) < 4.78 is 31.6. The van der Waals surface area contributed by atoms with E-state index in [2.05, 4.69) is 0 Å². The van der Waals surface area contributed by atoms with Gasteiger partial charge in [-0.1, -0.05) is 6.92 Å². The summed E-state index contributed by atoms with van der Waals surface area (Å²) in [6.45, 7) is 2.85. The summed E-state index contributed by atoms with van der Waals surface area (Å²) in [6, 6.07) is 0. The fourth-order valence-electron chi connectivity index (χ4n) is 0.575. The van der Waals surface area contributed by atoms with E-state index in [0.717, 1.165) is 0 Å². The van der Waals surface area contributed by atoms with E-state index < -0.39 is 9.84 Å². The molecule has 0 amide bonds. The molecule has 0 aromatic carbocycles. The topological polar surface area (TPSA) is 52.6 Å². The standard InChI is InChI=1S/C7H16O4S/c1-3-12(8,9)7-6-11-5-4-10-2/h3-7H2,1-2H3. The zero-order chi connectivity index (χ0) is 9.45. The Morgan fingerprint density at radius 3 is 2.33 bits per heavy atom. The van der Waals surface area contributed by atoms with Gasteiger partial charge in [-0.2, -0.15) is 0 Å². The van der Waals surface area contributed by atoms with E-state index in [-0.39, 0.29) is 18.1 Å². The van der Waals surface area contributed by atoms with E-state index in [1.54, 1.807) is 14.0 Å². The summed E-state index contributed by atoms with van der Waals surface area (Å²) in [5.74, 6) is 0.286. The molecule has 0 fully saturated rings. The Hall–Kier alpha value is -0.130. The van der Waals surface area contributed by atoms with Crippen LogP contribution in [0.1, 0.15) is 6.92 Å². The quantitative estimate of drug-likeness (QED) is 0.541. The van der Waals surface area contributed by atoms with Gasteiger partial charge >= 0.3 is 0 Å². The van der Waals surface area contributed by atoms with Crippen molar-refractivity contribution in [1.29, 1.82) is 0 Å². The van der Waals surface area contributed by atoms with Gasteiger partial charge in [-0.3, -0.25) is 0 Å². The van der Waals surface area contributed by atoms with Crippen molar-refractivity contribution in [2.75, 3.05) is 38.4 Å². The van der Waals surface area contributed by atoms with Crippen LogP contribution in [0.15, 0.2) is 0 Å². The van der Waals surface area contributed by atoms with Crippen molar-refractivity contribution in [3.8, 4) is 0 Å². The SMILES string of the molecule is CCS(=O)(=O)CCOCCOC. The molecule has 12 heavy (non-hydrogen) atoms. The van der Waals surface area contributed by atoms with Gasteiger partial charge in [-0.25, -0.2) is 8.42 Å². The number of methoxy groups -OCH3 is 1. The molecule has 0 aliphatic rings. The van der Waals surface area contributed by atoms with Crippen molar-refractivity contribution >= 4 is 9.84 Å². The number of rotatable bonds is 7. The third-order valence-electron chi connectivity index (χ3n) is 1.41. The van der Waals surface area contributed by atoms with Crippen molar-refractivity contribution in [3.05, 3.63) is 0 Å². The van der Waals surface area contributed by atoms with Crippen LogP contribution >= 0.6 is 0 Å². The van der Waals surface area contributed by atoms with Gasteiger partial charge in [-0.15, -0.1) is 0 Å². The lowest BCUT2D eigenvalue weighted by molar-refractivity contribution is 0.0785. The maximum atomic E-state index is 10.9. The molecule has 0 rings (SSSR count). The number of hydrogen-bond donors (Lipinski definition) is 0. The minimum Gasteiger partial charge on any atom is -0.382 e. The van der Waals surface area contributed by atoms with Gasteiger partial charge in [0.15, 0.2) is 9.84 Å². The van der Waals surface area contributed by atoms with Crippen LogP contribution in [-0.2, 0) is 19.3 Å². The average molecular weight is 196 g/mol. The molecule has 0 radical (unpaired) electrons. The lowest BCUT2D eigenvalue weighted by atomic mass is 10.7. The highest BCUT2D eigenvalue weighted by molar-refractivity contribution is 7.91. The molecule has 0 unspecified atom stereocenters. The third-order valence-corrected chi connectivity index (χ3v) is 3.08. The van der Waals surface area contributed by atoms with Crippen molar-refractivity contribution < 1.29 is 17.9 Å². The normalized spacial score (nSPS) is 11.8. The largest absolute Gasteiger partial charge is 0.382 e. The molecule has 0 aromatic rings. The molecule has 0 aliphatic heterocycles. The molecule has 0 atom stereocenters. The fraction of sp³-hybridized carbons (Fsp3) is 1.00. The number of hydrogen-bond acceptors (Lipinski definition) is 4. The molecule has 0 saturated heterocycles. The minimum atomic E-state index is -2.87. The lowest BCUT2D eigenvalue weighted by Gasteiger charge is -2.02. The van der Waals surface area contributed by atoms with Crippen LogP contribution in [0, 0.1) is 0 Å². The Balaban J connectivity index is 3.32. The molecular formula is C7H16O4S. The zero-order valence-corrected chi connectivity index (χ0v) is 8.39. The molecule has 74 valence electrons. The van der Waals surface area contributed by atoms with Crippen LogP contribution in [0.3, 0.4) is 0 Å². The van der Waals surface area contributed by atoms with E-state index in [1.807, 2.05) is 0 Å². The first kappa shape index (κ1) is 11.9. The van der Waals surface area contributed by atoms with Crippen LogP contribution in [0.4, 0.5) is 0 Å². The molecule has 0 aliphatic carbocycles. The summed E-state index contributed by atoms with van der Waals surface area (Å²) in [6.07, 6.45) is 0. The first-order valence-electron chi connectivity index (χ1n) is 3.89. The first-order chi connectivity index (χ1) is 5.62. The van der Waals surface area contributed by atoms with E-state index in [4.69, 9.17) is 9.47 Å². The Labute approximate surface area is 73.8 Å². The molecule has 0 bridgehead atoms. The summed E-state index contributed by atoms with van der Waals surface area (Å²) in [4.78, 5) is 0.